The van der Waals surface area contributed by atoms with E-state index in [2.05, 4.69) is 9.88 Å². The highest BCUT2D eigenvalue weighted by molar-refractivity contribution is 6.01. The number of hydrogen-bond acceptors (Lipinski definition) is 9. The number of nitro groups is 1. The summed E-state index contributed by atoms with van der Waals surface area (Å²) >= 11 is 0. The van der Waals surface area contributed by atoms with Gasteiger partial charge in [0.1, 0.15) is 0 Å². The molecule has 0 bridgehead atoms. The molecule has 2 aliphatic heterocycles. The number of piperidine rings is 1. The summed E-state index contributed by atoms with van der Waals surface area (Å²) in [6, 6.07) is 13.3. The van der Waals surface area contributed by atoms with Gasteiger partial charge in [-0.1, -0.05) is 24.6 Å². The van der Waals surface area contributed by atoms with Crippen LogP contribution >= 0.6 is 0 Å². The van der Waals surface area contributed by atoms with E-state index in [1.165, 1.54) is 25.3 Å². The van der Waals surface area contributed by atoms with Crippen molar-refractivity contribution in [2.45, 2.75) is 45.1 Å². The maximum absolute atomic E-state index is 13.0. The van der Waals surface area contributed by atoms with Crippen LogP contribution < -0.4 is 0 Å². The van der Waals surface area contributed by atoms with Crippen molar-refractivity contribution in [3.8, 4) is 0 Å². The van der Waals surface area contributed by atoms with E-state index in [4.69, 9.17) is 14.1 Å². The number of hydrogen-bond donors (Lipinski definition) is 1. The zero-order valence-corrected chi connectivity index (χ0v) is 24.4. The summed E-state index contributed by atoms with van der Waals surface area (Å²) in [5.41, 5.74) is 2.12. The van der Waals surface area contributed by atoms with Gasteiger partial charge in [0.25, 0.3) is 5.69 Å². The minimum atomic E-state index is -1.15. The lowest BCUT2D eigenvalue weighted by atomic mass is 9.91. The number of carboxylic acid groups (broad SMARTS) is 1. The van der Waals surface area contributed by atoms with Crippen LogP contribution in [0.5, 0.6) is 0 Å². The van der Waals surface area contributed by atoms with Gasteiger partial charge in [-0.2, -0.15) is 0 Å². The highest BCUT2D eigenvalue weighted by atomic mass is 16.6. The van der Waals surface area contributed by atoms with Gasteiger partial charge < -0.3 is 24.1 Å². The van der Waals surface area contributed by atoms with Crippen LogP contribution in [0.3, 0.4) is 0 Å². The second-order valence-electron chi connectivity index (χ2n) is 10.9. The fourth-order valence-corrected chi connectivity index (χ4v) is 5.74. The number of aliphatic imine (C=N–C) groups is 1. The second-order valence-corrected chi connectivity index (χ2v) is 10.9. The lowest BCUT2D eigenvalue weighted by molar-refractivity contribution is -0.385. The average Bonchev–Trinajstić information content (AvgIpc) is 3.55. The van der Waals surface area contributed by atoms with Gasteiger partial charge in [0.05, 0.1) is 41.7 Å². The number of nitrogens with zero attached hydrogens (tertiary/aromatic N) is 5. The molecule has 1 saturated heterocycles. The summed E-state index contributed by atoms with van der Waals surface area (Å²) in [5.74, 6) is -0.224. The highest BCUT2D eigenvalue weighted by Crippen LogP contribution is 2.39. The quantitative estimate of drug-likeness (QED) is 0.163. The third-order valence-corrected chi connectivity index (χ3v) is 7.92. The van der Waals surface area contributed by atoms with Crippen LogP contribution in [0.4, 0.5) is 5.69 Å². The van der Waals surface area contributed by atoms with E-state index in [0.717, 1.165) is 25.3 Å². The fourth-order valence-electron chi connectivity index (χ4n) is 5.74. The van der Waals surface area contributed by atoms with Gasteiger partial charge in [0.15, 0.2) is 11.6 Å². The first-order chi connectivity index (χ1) is 20.9. The van der Waals surface area contributed by atoms with Gasteiger partial charge in [-0.25, -0.2) is 9.79 Å². The summed E-state index contributed by atoms with van der Waals surface area (Å²) in [7, 11) is 0. The third kappa shape index (κ3) is 7.36. The van der Waals surface area contributed by atoms with Crippen LogP contribution in [-0.2, 0) is 16.0 Å². The molecular formula is C32H37N5O6. The van der Waals surface area contributed by atoms with E-state index in [1.807, 2.05) is 23.1 Å². The number of benzene rings is 1. The first-order valence-corrected chi connectivity index (χ1v) is 14.7. The number of carbonyl (C=O) groups is 1. The van der Waals surface area contributed by atoms with E-state index in [9.17, 15) is 20.0 Å². The molecule has 1 fully saturated rings. The molecule has 11 nitrogen and oxygen atoms in total. The topological polar surface area (TPSA) is 135 Å². The Morgan fingerprint density at radius 3 is 2.67 bits per heavy atom. The zero-order valence-electron chi connectivity index (χ0n) is 24.4. The summed E-state index contributed by atoms with van der Waals surface area (Å²) in [6.07, 6.45) is 8.16. The number of aliphatic carboxylic acids is 1. The van der Waals surface area contributed by atoms with Crippen LogP contribution in [0.15, 0.2) is 81.7 Å². The Kier molecular flexibility index (Phi) is 9.96. The van der Waals surface area contributed by atoms with E-state index >= 15 is 0 Å². The SMILES string of the molecule is Cc1ccc(C2C(C(=O)O)=C(COCCN3CCCCC3)N=C(c3ccco3)N2CCCc2ccccn2)cc1[N+](=O)[O-]. The molecule has 0 saturated carbocycles. The molecule has 1 unspecified atom stereocenters. The molecule has 11 heteroatoms. The molecule has 1 atom stereocenters. The van der Waals surface area contributed by atoms with Crippen molar-refractivity contribution in [2.75, 3.05) is 39.4 Å². The molecule has 1 N–H and O–H groups in total. The number of ether oxygens (including phenoxy) is 1. The number of amidine groups is 1. The van der Waals surface area contributed by atoms with Crippen molar-refractivity contribution in [1.29, 1.82) is 0 Å². The van der Waals surface area contributed by atoms with Crippen molar-refractivity contribution in [3.63, 3.8) is 0 Å². The largest absolute Gasteiger partial charge is 0.478 e. The zero-order chi connectivity index (χ0) is 30.2. The number of rotatable bonds is 13. The molecule has 0 radical (unpaired) electrons. The van der Waals surface area contributed by atoms with Crippen molar-refractivity contribution in [1.82, 2.24) is 14.8 Å². The molecule has 1 aromatic carbocycles. The number of furan rings is 1. The number of aromatic nitrogens is 1. The van der Waals surface area contributed by atoms with Crippen LogP contribution in [0.2, 0.25) is 0 Å². The van der Waals surface area contributed by atoms with Crippen LogP contribution in [0, 0.1) is 17.0 Å². The molecule has 2 aromatic heterocycles. The molecule has 0 amide bonds. The summed E-state index contributed by atoms with van der Waals surface area (Å²) in [6.45, 7) is 5.34. The number of aryl methyl sites for hydroxylation is 2. The van der Waals surface area contributed by atoms with Gasteiger partial charge in [-0.3, -0.25) is 15.1 Å². The van der Waals surface area contributed by atoms with Crippen molar-refractivity contribution in [3.05, 3.63) is 105 Å². The number of carboxylic acids is 1. The molecule has 226 valence electrons. The fraction of sp³-hybridized carbons (Fsp3) is 0.406. The van der Waals surface area contributed by atoms with Crippen LogP contribution in [-0.4, -0.2) is 76.0 Å². The average molecular weight is 588 g/mol. The van der Waals surface area contributed by atoms with Gasteiger partial charge >= 0.3 is 5.97 Å². The number of pyridine rings is 1. The van der Waals surface area contributed by atoms with Gasteiger partial charge in [0, 0.05) is 36.6 Å². The lowest BCUT2D eigenvalue weighted by Gasteiger charge is -2.38. The van der Waals surface area contributed by atoms with Gasteiger partial charge in [0.2, 0.25) is 0 Å². The Hall–Kier alpha value is -4.35. The predicted molar refractivity (Wildman–Crippen MR) is 161 cm³/mol. The Morgan fingerprint density at radius 1 is 1.14 bits per heavy atom. The summed E-state index contributed by atoms with van der Waals surface area (Å²) in [4.78, 5) is 37.9. The summed E-state index contributed by atoms with van der Waals surface area (Å²) in [5, 5.41) is 22.5. The second kappa shape index (κ2) is 14.2. The minimum absolute atomic E-state index is 0.00802. The standard InChI is InChI=1S/C32H37N5O6/c1-23-12-13-24(21-27(23)37(40)41)30-29(32(38)39)26(22-42-20-18-35-15-5-2-6-16-35)34-31(28-11-8-19-43-28)36(30)17-7-10-25-9-3-4-14-33-25/h3-4,8-9,11-14,19,21,30H,2,5-7,10,15-18,20,22H2,1H3,(H,38,39). The normalized spacial score (nSPS) is 17.7. The molecule has 3 aromatic rings. The Bertz CT molecular complexity index is 1460. The Labute approximate surface area is 250 Å². The van der Waals surface area contributed by atoms with Crippen molar-refractivity contribution in [2.24, 2.45) is 4.99 Å². The smallest absolute Gasteiger partial charge is 0.336 e. The van der Waals surface area contributed by atoms with Crippen molar-refractivity contribution >= 4 is 17.5 Å². The Balaban J connectivity index is 1.51. The maximum atomic E-state index is 13.0. The first kappa shape index (κ1) is 30.1. The minimum Gasteiger partial charge on any atom is -0.478 e. The molecule has 5 rings (SSSR count). The lowest BCUT2D eigenvalue weighted by Crippen LogP contribution is -2.42. The Morgan fingerprint density at radius 2 is 1.98 bits per heavy atom. The number of likely N-dealkylation sites (tertiary alicyclic amines) is 1. The molecular weight excluding hydrogens is 550 g/mol. The van der Waals surface area contributed by atoms with E-state index < -0.39 is 16.9 Å². The number of nitro benzene ring substituents is 1. The van der Waals surface area contributed by atoms with Crippen molar-refractivity contribution < 1.29 is 24.0 Å². The first-order valence-electron chi connectivity index (χ1n) is 14.7. The van der Waals surface area contributed by atoms with Gasteiger partial charge in [-0.05, 0) is 75.5 Å². The monoisotopic (exact) mass is 587 g/mol. The highest BCUT2D eigenvalue weighted by Gasteiger charge is 2.39. The maximum Gasteiger partial charge on any atom is 0.336 e. The molecule has 0 aliphatic carbocycles. The molecule has 4 heterocycles. The molecule has 43 heavy (non-hydrogen) atoms. The van der Waals surface area contributed by atoms with Gasteiger partial charge in [-0.15, -0.1) is 0 Å². The molecule has 2 aliphatic rings. The molecule has 0 spiro atoms. The van der Waals surface area contributed by atoms with Crippen LogP contribution in [0.25, 0.3) is 0 Å². The van der Waals surface area contributed by atoms with Crippen LogP contribution in [0.1, 0.15) is 54.3 Å². The third-order valence-electron chi connectivity index (χ3n) is 7.92. The van der Waals surface area contributed by atoms with E-state index in [0.29, 0.717) is 48.7 Å². The summed E-state index contributed by atoms with van der Waals surface area (Å²) < 4.78 is 11.8. The van der Waals surface area contributed by atoms with E-state index in [1.54, 1.807) is 43.6 Å². The van der Waals surface area contributed by atoms with E-state index in [-0.39, 0.29) is 23.6 Å². The predicted octanol–water partition coefficient (Wildman–Crippen LogP) is 5.17.